The summed E-state index contributed by atoms with van der Waals surface area (Å²) in [4.78, 5) is 4.44. The van der Waals surface area contributed by atoms with E-state index in [1.54, 1.807) is 11.7 Å². The van der Waals surface area contributed by atoms with Crippen LogP contribution >= 0.6 is 11.3 Å². The summed E-state index contributed by atoms with van der Waals surface area (Å²) >= 11 is 1.32. The maximum atomic E-state index is 13.7. The highest BCUT2D eigenvalue weighted by Gasteiger charge is 2.20. The number of sulfonamides is 1. The third kappa shape index (κ3) is 3.21. The number of nitrogens with zero attached hydrogens (tertiary/aromatic N) is 1. The second-order valence-electron chi connectivity index (χ2n) is 4.15. The molecule has 0 atom stereocenters. The topological polar surface area (TPSA) is 79.3 Å². The maximum Gasteiger partial charge on any atom is 0.241 e. The highest BCUT2D eigenvalue weighted by Crippen LogP contribution is 2.21. The molecule has 0 radical (unpaired) electrons. The second-order valence-corrected chi connectivity index (χ2v) is 6.86. The van der Waals surface area contributed by atoms with Crippen LogP contribution in [0.4, 0.5) is 4.39 Å². The van der Waals surface area contributed by atoms with Crippen LogP contribution in [-0.4, -0.2) is 18.5 Å². The first kappa shape index (κ1) is 15.0. The molecule has 1 aromatic carbocycles. The zero-order valence-electron chi connectivity index (χ0n) is 10.6. The third-order valence-electron chi connectivity index (χ3n) is 2.75. The van der Waals surface area contributed by atoms with Crippen LogP contribution in [0.25, 0.3) is 0 Å². The molecule has 0 saturated heterocycles. The van der Waals surface area contributed by atoms with E-state index in [4.69, 9.17) is 5.11 Å². The largest absolute Gasteiger partial charge is 0.392 e. The third-order valence-corrected chi connectivity index (χ3v) is 5.06. The van der Waals surface area contributed by atoms with E-state index in [0.717, 1.165) is 10.9 Å². The molecule has 0 fully saturated rings. The number of aliphatic hydroxyl groups is 1. The van der Waals surface area contributed by atoms with Gasteiger partial charge in [-0.15, -0.1) is 11.3 Å². The molecule has 2 rings (SSSR count). The summed E-state index contributed by atoms with van der Waals surface area (Å²) in [5.74, 6) is -0.658. The molecule has 2 aromatic rings. The predicted molar refractivity (Wildman–Crippen MR) is 73.2 cm³/mol. The summed E-state index contributed by atoms with van der Waals surface area (Å²) in [6.07, 6.45) is 1.56. The molecule has 1 aromatic heterocycles. The lowest BCUT2D eigenvalue weighted by molar-refractivity contribution is 0.281. The van der Waals surface area contributed by atoms with Gasteiger partial charge in [0.15, 0.2) is 0 Å². The minimum absolute atomic E-state index is 0.0269. The molecule has 1 heterocycles. The molecule has 20 heavy (non-hydrogen) atoms. The van der Waals surface area contributed by atoms with Crippen molar-refractivity contribution in [2.24, 2.45) is 0 Å². The van der Waals surface area contributed by atoms with Gasteiger partial charge in [-0.2, -0.15) is 0 Å². The first-order valence-corrected chi connectivity index (χ1v) is 8.07. The quantitative estimate of drug-likeness (QED) is 0.877. The van der Waals surface area contributed by atoms with Crippen molar-refractivity contribution in [2.45, 2.75) is 25.0 Å². The summed E-state index contributed by atoms with van der Waals surface area (Å²) in [7, 11) is -3.84. The number of hydrogen-bond acceptors (Lipinski definition) is 5. The normalized spacial score (nSPS) is 11.8. The van der Waals surface area contributed by atoms with Crippen molar-refractivity contribution in [1.29, 1.82) is 0 Å². The van der Waals surface area contributed by atoms with Gasteiger partial charge in [0.25, 0.3) is 0 Å². The molecule has 0 spiro atoms. The van der Waals surface area contributed by atoms with Gasteiger partial charge < -0.3 is 5.11 Å². The Balaban J connectivity index is 2.31. The van der Waals surface area contributed by atoms with Gasteiger partial charge in [0, 0.05) is 23.2 Å². The van der Waals surface area contributed by atoms with Crippen molar-refractivity contribution in [3.8, 4) is 0 Å². The van der Waals surface area contributed by atoms with Crippen molar-refractivity contribution >= 4 is 21.4 Å². The summed E-state index contributed by atoms with van der Waals surface area (Å²) < 4.78 is 40.4. The molecule has 0 aliphatic carbocycles. The average Bonchev–Trinajstić information content (AvgIpc) is 2.92. The molecule has 5 nitrogen and oxygen atoms in total. The molecule has 0 amide bonds. The van der Waals surface area contributed by atoms with E-state index in [1.165, 1.54) is 24.3 Å². The van der Waals surface area contributed by atoms with Gasteiger partial charge in [0.05, 0.1) is 17.0 Å². The summed E-state index contributed by atoms with van der Waals surface area (Å²) in [5.41, 5.74) is 1.84. The standard InChI is InChI=1S/C12H13FN2O3S2/c1-8-11(13)2-9(6-16)3-12(8)20(17,18)15-5-10-4-14-7-19-10/h2-4,7,15-16H,5-6H2,1H3. The van der Waals surface area contributed by atoms with Crippen LogP contribution in [0.2, 0.25) is 0 Å². The van der Waals surface area contributed by atoms with Crippen LogP contribution in [-0.2, 0) is 23.2 Å². The van der Waals surface area contributed by atoms with E-state index >= 15 is 0 Å². The van der Waals surface area contributed by atoms with Crippen LogP contribution in [0.3, 0.4) is 0 Å². The summed E-state index contributed by atoms with van der Waals surface area (Å²) in [6, 6.07) is 2.39. The number of aromatic nitrogens is 1. The fourth-order valence-electron chi connectivity index (χ4n) is 1.65. The van der Waals surface area contributed by atoms with Gasteiger partial charge >= 0.3 is 0 Å². The molecular formula is C12H13FN2O3S2. The highest BCUT2D eigenvalue weighted by atomic mass is 32.2. The predicted octanol–water partition coefficient (Wildman–Crippen LogP) is 1.56. The lowest BCUT2D eigenvalue weighted by Crippen LogP contribution is -2.24. The molecule has 0 aliphatic heterocycles. The lowest BCUT2D eigenvalue weighted by Gasteiger charge is -2.11. The van der Waals surface area contributed by atoms with Gasteiger partial charge in [-0.25, -0.2) is 17.5 Å². The fraction of sp³-hybridized carbons (Fsp3) is 0.250. The minimum Gasteiger partial charge on any atom is -0.392 e. The van der Waals surface area contributed by atoms with Gasteiger partial charge in [-0.05, 0) is 24.6 Å². The first-order valence-electron chi connectivity index (χ1n) is 5.71. The molecule has 0 bridgehead atoms. The Morgan fingerprint density at radius 3 is 2.80 bits per heavy atom. The van der Waals surface area contributed by atoms with Crippen LogP contribution < -0.4 is 4.72 Å². The molecule has 8 heteroatoms. The second kappa shape index (κ2) is 5.96. The number of benzene rings is 1. The zero-order chi connectivity index (χ0) is 14.8. The van der Waals surface area contributed by atoms with Gasteiger partial charge in [0.1, 0.15) is 5.82 Å². The number of rotatable bonds is 5. The minimum atomic E-state index is -3.84. The first-order chi connectivity index (χ1) is 9.44. The fourth-order valence-corrected chi connectivity index (χ4v) is 3.58. The number of hydrogen-bond donors (Lipinski definition) is 2. The van der Waals surface area contributed by atoms with Gasteiger partial charge in [-0.1, -0.05) is 0 Å². The molecule has 0 saturated carbocycles. The van der Waals surface area contributed by atoms with Crippen molar-refractivity contribution in [1.82, 2.24) is 9.71 Å². The van der Waals surface area contributed by atoms with Crippen LogP contribution in [0.15, 0.2) is 28.7 Å². The van der Waals surface area contributed by atoms with E-state index in [2.05, 4.69) is 9.71 Å². The summed E-state index contributed by atoms with van der Waals surface area (Å²) in [5, 5.41) is 9.03. The molecular weight excluding hydrogens is 303 g/mol. The maximum absolute atomic E-state index is 13.7. The SMILES string of the molecule is Cc1c(F)cc(CO)cc1S(=O)(=O)NCc1cncs1. The smallest absolute Gasteiger partial charge is 0.241 e. The molecule has 0 aliphatic rings. The summed E-state index contributed by atoms with van der Waals surface area (Å²) in [6.45, 7) is 1.06. The molecule has 0 unspecified atom stereocenters. The Morgan fingerprint density at radius 1 is 1.45 bits per heavy atom. The van der Waals surface area contributed by atoms with Crippen molar-refractivity contribution in [3.05, 3.63) is 45.7 Å². The number of halogens is 1. The van der Waals surface area contributed by atoms with Gasteiger partial charge in [-0.3, -0.25) is 4.98 Å². The van der Waals surface area contributed by atoms with Gasteiger partial charge in [0.2, 0.25) is 10.0 Å². The number of thiazole rings is 1. The van der Waals surface area contributed by atoms with E-state index in [1.807, 2.05) is 0 Å². The van der Waals surface area contributed by atoms with Crippen LogP contribution in [0, 0.1) is 12.7 Å². The van der Waals surface area contributed by atoms with E-state index < -0.39 is 22.4 Å². The van der Waals surface area contributed by atoms with E-state index in [0.29, 0.717) is 0 Å². The lowest BCUT2D eigenvalue weighted by atomic mass is 10.1. The number of aliphatic hydroxyl groups excluding tert-OH is 1. The van der Waals surface area contributed by atoms with Crippen molar-refractivity contribution in [2.75, 3.05) is 0 Å². The Kier molecular flexibility index (Phi) is 4.48. The average molecular weight is 316 g/mol. The molecule has 2 N–H and O–H groups in total. The van der Waals surface area contributed by atoms with Crippen LogP contribution in [0.1, 0.15) is 16.0 Å². The highest BCUT2D eigenvalue weighted by molar-refractivity contribution is 7.89. The van der Waals surface area contributed by atoms with E-state index in [-0.39, 0.29) is 22.6 Å². The Bertz CT molecular complexity index is 700. The monoisotopic (exact) mass is 316 g/mol. The van der Waals surface area contributed by atoms with Crippen LogP contribution in [0.5, 0.6) is 0 Å². The Morgan fingerprint density at radius 2 is 2.20 bits per heavy atom. The molecule has 108 valence electrons. The Hall–Kier alpha value is -1.35. The Labute approximate surface area is 120 Å². The van der Waals surface area contributed by atoms with Crippen molar-refractivity contribution < 1.29 is 17.9 Å². The van der Waals surface area contributed by atoms with E-state index in [9.17, 15) is 12.8 Å². The van der Waals surface area contributed by atoms with Crippen molar-refractivity contribution in [3.63, 3.8) is 0 Å². The number of nitrogens with one attached hydrogen (secondary N) is 1. The zero-order valence-corrected chi connectivity index (χ0v) is 12.3.